The standard InChI is InChI=1S/C18H19N3O/c1-14(19-13-22)18-20-16-9-5-6-10-17(16)21(18)12-11-15-7-3-2-4-8-15/h2-10,13-14H,11-12H2,1H3,(H,19,22)/t14-/m0/s1. The van der Waals surface area contributed by atoms with Gasteiger partial charge in [0.1, 0.15) is 5.82 Å². The molecule has 0 spiro atoms. The number of aryl methyl sites for hydroxylation is 2. The SMILES string of the molecule is C[C@H](NC=O)c1nc2ccccc2n1CCc1ccccc1. The number of carbonyl (C=O) groups is 1. The topological polar surface area (TPSA) is 46.9 Å². The first-order valence-corrected chi connectivity index (χ1v) is 7.48. The quantitative estimate of drug-likeness (QED) is 0.710. The van der Waals surface area contributed by atoms with E-state index in [-0.39, 0.29) is 6.04 Å². The average Bonchev–Trinajstić information content (AvgIpc) is 2.93. The predicted molar refractivity (Wildman–Crippen MR) is 87.5 cm³/mol. The minimum Gasteiger partial charge on any atom is -0.349 e. The van der Waals surface area contributed by atoms with Gasteiger partial charge in [0.05, 0.1) is 17.1 Å². The summed E-state index contributed by atoms with van der Waals surface area (Å²) in [6.45, 7) is 2.79. The highest BCUT2D eigenvalue weighted by Crippen LogP contribution is 2.21. The second kappa shape index (κ2) is 6.43. The van der Waals surface area contributed by atoms with Crippen LogP contribution in [0.4, 0.5) is 0 Å². The van der Waals surface area contributed by atoms with Gasteiger partial charge in [0.15, 0.2) is 0 Å². The lowest BCUT2D eigenvalue weighted by atomic mass is 10.1. The molecule has 1 atom stereocenters. The molecule has 1 N–H and O–H groups in total. The highest BCUT2D eigenvalue weighted by molar-refractivity contribution is 5.76. The summed E-state index contributed by atoms with van der Waals surface area (Å²) in [6, 6.07) is 18.4. The second-order valence-corrected chi connectivity index (χ2v) is 5.35. The molecule has 1 amide bonds. The van der Waals surface area contributed by atoms with Gasteiger partial charge in [-0.3, -0.25) is 4.79 Å². The Labute approximate surface area is 129 Å². The summed E-state index contributed by atoms with van der Waals surface area (Å²) in [5.74, 6) is 0.893. The van der Waals surface area contributed by atoms with E-state index >= 15 is 0 Å². The molecule has 3 aromatic rings. The van der Waals surface area contributed by atoms with Gasteiger partial charge in [-0.2, -0.15) is 0 Å². The van der Waals surface area contributed by atoms with Gasteiger partial charge in [0.2, 0.25) is 6.41 Å². The molecule has 0 fully saturated rings. The van der Waals surface area contributed by atoms with Gasteiger partial charge < -0.3 is 9.88 Å². The number of carbonyl (C=O) groups excluding carboxylic acids is 1. The van der Waals surface area contributed by atoms with Crippen molar-refractivity contribution in [3.8, 4) is 0 Å². The zero-order valence-corrected chi connectivity index (χ0v) is 12.6. The maximum atomic E-state index is 10.7. The van der Waals surface area contributed by atoms with Crippen molar-refractivity contribution in [1.82, 2.24) is 14.9 Å². The number of amides is 1. The summed E-state index contributed by atoms with van der Waals surface area (Å²) < 4.78 is 2.20. The molecule has 0 saturated carbocycles. The number of hydrogen-bond donors (Lipinski definition) is 1. The number of aromatic nitrogens is 2. The van der Waals surface area contributed by atoms with Crippen molar-refractivity contribution >= 4 is 17.4 Å². The molecule has 4 heteroatoms. The largest absolute Gasteiger partial charge is 0.349 e. The minimum absolute atomic E-state index is 0.110. The number of hydrogen-bond acceptors (Lipinski definition) is 2. The monoisotopic (exact) mass is 293 g/mol. The predicted octanol–water partition coefficient (Wildman–Crippen LogP) is 3.09. The van der Waals surface area contributed by atoms with Crippen LogP contribution in [-0.2, 0) is 17.8 Å². The first-order chi connectivity index (χ1) is 10.8. The first-order valence-electron chi connectivity index (χ1n) is 7.48. The molecule has 0 aliphatic carbocycles. The van der Waals surface area contributed by atoms with Crippen LogP contribution in [0.1, 0.15) is 24.4 Å². The Balaban J connectivity index is 1.94. The summed E-state index contributed by atoms with van der Waals surface area (Å²) in [5, 5.41) is 2.80. The van der Waals surface area contributed by atoms with Gasteiger partial charge >= 0.3 is 0 Å². The Morgan fingerprint density at radius 2 is 1.86 bits per heavy atom. The summed E-state index contributed by atoms with van der Waals surface area (Å²) >= 11 is 0. The number of para-hydroxylation sites is 2. The summed E-state index contributed by atoms with van der Waals surface area (Å²) in [6.07, 6.45) is 1.66. The van der Waals surface area contributed by atoms with Crippen molar-refractivity contribution in [3.05, 3.63) is 66.0 Å². The fourth-order valence-electron chi connectivity index (χ4n) is 2.72. The lowest BCUT2D eigenvalue weighted by Gasteiger charge is -2.14. The average molecular weight is 293 g/mol. The van der Waals surface area contributed by atoms with E-state index in [9.17, 15) is 4.79 Å². The van der Waals surface area contributed by atoms with Crippen LogP contribution in [0.15, 0.2) is 54.6 Å². The number of imidazole rings is 1. The molecule has 0 unspecified atom stereocenters. The van der Waals surface area contributed by atoms with Crippen LogP contribution in [0.5, 0.6) is 0 Å². The van der Waals surface area contributed by atoms with E-state index in [0.29, 0.717) is 0 Å². The number of benzene rings is 2. The van der Waals surface area contributed by atoms with Crippen molar-refractivity contribution in [2.24, 2.45) is 0 Å². The van der Waals surface area contributed by atoms with Crippen LogP contribution in [0, 0.1) is 0 Å². The smallest absolute Gasteiger partial charge is 0.207 e. The van der Waals surface area contributed by atoms with Crippen molar-refractivity contribution in [2.75, 3.05) is 0 Å². The summed E-state index contributed by atoms with van der Waals surface area (Å²) in [7, 11) is 0. The number of nitrogens with zero attached hydrogens (tertiary/aromatic N) is 2. The van der Waals surface area contributed by atoms with Crippen LogP contribution in [0.25, 0.3) is 11.0 Å². The van der Waals surface area contributed by atoms with E-state index in [2.05, 4.69) is 45.2 Å². The number of fused-ring (bicyclic) bond motifs is 1. The van der Waals surface area contributed by atoms with E-state index in [4.69, 9.17) is 0 Å². The van der Waals surface area contributed by atoms with Gasteiger partial charge in [0, 0.05) is 6.54 Å². The van der Waals surface area contributed by atoms with Crippen LogP contribution in [0.3, 0.4) is 0 Å². The minimum atomic E-state index is -0.110. The van der Waals surface area contributed by atoms with E-state index in [1.54, 1.807) is 0 Å². The fourth-order valence-corrected chi connectivity index (χ4v) is 2.72. The molecular weight excluding hydrogens is 274 g/mol. The molecule has 22 heavy (non-hydrogen) atoms. The Hall–Kier alpha value is -2.62. The number of rotatable bonds is 6. The zero-order chi connectivity index (χ0) is 15.4. The molecule has 0 aliphatic rings. The molecule has 1 aromatic heterocycles. The van der Waals surface area contributed by atoms with E-state index in [1.807, 2.05) is 31.2 Å². The van der Waals surface area contributed by atoms with Crippen molar-refractivity contribution in [2.45, 2.75) is 25.9 Å². The van der Waals surface area contributed by atoms with Crippen LogP contribution < -0.4 is 5.32 Å². The Bertz CT molecular complexity index is 764. The molecule has 2 aromatic carbocycles. The van der Waals surface area contributed by atoms with Gasteiger partial charge in [-0.25, -0.2) is 4.98 Å². The van der Waals surface area contributed by atoms with E-state index in [0.717, 1.165) is 36.2 Å². The normalized spacial score (nSPS) is 12.2. The molecule has 4 nitrogen and oxygen atoms in total. The Morgan fingerprint density at radius 1 is 1.14 bits per heavy atom. The second-order valence-electron chi connectivity index (χ2n) is 5.35. The molecule has 1 heterocycles. The molecule has 0 bridgehead atoms. The van der Waals surface area contributed by atoms with Gasteiger partial charge in [-0.05, 0) is 31.0 Å². The molecule has 3 rings (SSSR count). The van der Waals surface area contributed by atoms with Gasteiger partial charge in [0.25, 0.3) is 0 Å². The molecule has 0 radical (unpaired) electrons. The van der Waals surface area contributed by atoms with Crippen molar-refractivity contribution in [1.29, 1.82) is 0 Å². The van der Waals surface area contributed by atoms with Crippen molar-refractivity contribution < 1.29 is 4.79 Å². The highest BCUT2D eigenvalue weighted by Gasteiger charge is 2.15. The maximum absolute atomic E-state index is 10.7. The van der Waals surface area contributed by atoms with Gasteiger partial charge in [-0.1, -0.05) is 42.5 Å². The van der Waals surface area contributed by atoms with Gasteiger partial charge in [-0.15, -0.1) is 0 Å². The number of nitrogens with one attached hydrogen (secondary N) is 1. The lowest BCUT2D eigenvalue weighted by molar-refractivity contribution is -0.110. The van der Waals surface area contributed by atoms with Crippen LogP contribution >= 0.6 is 0 Å². The third-order valence-electron chi connectivity index (χ3n) is 3.86. The Morgan fingerprint density at radius 3 is 2.64 bits per heavy atom. The third kappa shape index (κ3) is 2.86. The van der Waals surface area contributed by atoms with E-state index < -0.39 is 0 Å². The fraction of sp³-hybridized carbons (Fsp3) is 0.222. The maximum Gasteiger partial charge on any atom is 0.207 e. The van der Waals surface area contributed by atoms with Crippen molar-refractivity contribution in [3.63, 3.8) is 0 Å². The van der Waals surface area contributed by atoms with Crippen LogP contribution in [0.2, 0.25) is 0 Å². The van der Waals surface area contributed by atoms with Crippen LogP contribution in [-0.4, -0.2) is 16.0 Å². The highest BCUT2D eigenvalue weighted by atomic mass is 16.1. The molecule has 0 saturated heterocycles. The summed E-state index contributed by atoms with van der Waals surface area (Å²) in [4.78, 5) is 15.4. The van der Waals surface area contributed by atoms with E-state index in [1.165, 1.54) is 5.56 Å². The molecule has 112 valence electrons. The third-order valence-corrected chi connectivity index (χ3v) is 3.86. The first kappa shape index (κ1) is 14.3. The Kier molecular flexibility index (Phi) is 4.19. The zero-order valence-electron chi connectivity index (χ0n) is 12.6. The molecule has 0 aliphatic heterocycles. The molecular formula is C18H19N3O. The lowest BCUT2D eigenvalue weighted by Crippen LogP contribution is -2.21. The summed E-state index contributed by atoms with van der Waals surface area (Å²) in [5.41, 5.74) is 3.36.